The van der Waals surface area contributed by atoms with Crippen LogP contribution in [0.2, 0.25) is 0 Å². The lowest BCUT2D eigenvalue weighted by molar-refractivity contribution is -0.440. The summed E-state index contributed by atoms with van der Waals surface area (Å²) >= 11 is 0. The highest BCUT2D eigenvalue weighted by molar-refractivity contribution is 5.87. The summed E-state index contributed by atoms with van der Waals surface area (Å²) < 4.78 is 190. The van der Waals surface area contributed by atoms with E-state index in [1.807, 2.05) is 0 Å². The standard InChI is InChI=1S/C32H37F14NO2/c1-26-16-22(33)25-20-8-7-19(48)15-18(20)14-17(24(25)21(26)9-10-23(26)49)6-4-3-5-12-47(2)13-11-27(34,35)28(36,37)29(38,39)30(40,41)31(42,43)32(44,45)46/h7-8,15,17,21-22,24-25,48H,3-6,9-14,16H2,1-2H3/t17-,21+,22+,24+,25+,26+/m1/s1. The molecule has 3 aliphatic rings. The van der Waals surface area contributed by atoms with Crippen LogP contribution in [0.15, 0.2) is 18.2 Å². The van der Waals surface area contributed by atoms with Gasteiger partial charge in [0.1, 0.15) is 17.7 Å². The van der Waals surface area contributed by atoms with Gasteiger partial charge in [-0.1, -0.05) is 25.8 Å². The number of ketones is 1. The second-order valence-electron chi connectivity index (χ2n) is 14.1. The molecule has 2 fully saturated rings. The van der Waals surface area contributed by atoms with Gasteiger partial charge in [0.25, 0.3) is 0 Å². The van der Waals surface area contributed by atoms with Crippen molar-refractivity contribution in [1.29, 1.82) is 0 Å². The second kappa shape index (κ2) is 13.0. The number of carbonyl (C=O) groups excluding carboxylic acids is 1. The van der Waals surface area contributed by atoms with Gasteiger partial charge in [0.05, 0.1) is 0 Å². The molecule has 4 rings (SSSR count). The molecule has 17 heteroatoms. The molecule has 6 atom stereocenters. The maximum atomic E-state index is 15.8. The molecule has 2 saturated carbocycles. The summed E-state index contributed by atoms with van der Waals surface area (Å²) in [4.78, 5) is 13.8. The molecule has 0 aromatic heterocycles. The number of fused-ring (bicyclic) bond motifs is 5. The quantitative estimate of drug-likeness (QED) is 0.162. The number of nitrogens with zero attached hydrogens (tertiary/aromatic N) is 1. The highest BCUT2D eigenvalue weighted by Crippen LogP contribution is 2.63. The van der Waals surface area contributed by atoms with Gasteiger partial charge in [-0.15, -0.1) is 0 Å². The van der Waals surface area contributed by atoms with Gasteiger partial charge in [-0.3, -0.25) is 4.79 Å². The van der Waals surface area contributed by atoms with Crippen LogP contribution in [0, 0.1) is 23.2 Å². The zero-order chi connectivity index (χ0) is 37.2. The molecular formula is C32H37F14NO2. The Hall–Kier alpha value is -2.33. The van der Waals surface area contributed by atoms with Crippen molar-refractivity contribution >= 4 is 5.78 Å². The molecule has 3 aliphatic carbocycles. The molecule has 3 nitrogen and oxygen atoms in total. The van der Waals surface area contributed by atoms with Gasteiger partial charge in [0, 0.05) is 30.7 Å². The predicted molar refractivity (Wildman–Crippen MR) is 148 cm³/mol. The Morgan fingerprint density at radius 1 is 0.857 bits per heavy atom. The zero-order valence-electron chi connectivity index (χ0n) is 26.5. The van der Waals surface area contributed by atoms with Crippen molar-refractivity contribution in [2.75, 3.05) is 20.1 Å². The molecular weight excluding hydrogens is 696 g/mol. The Morgan fingerprint density at radius 2 is 1.47 bits per heavy atom. The number of rotatable bonds is 13. The average molecular weight is 734 g/mol. The average Bonchev–Trinajstić information content (AvgIpc) is 3.27. The monoisotopic (exact) mass is 733 g/mol. The van der Waals surface area contributed by atoms with E-state index in [9.17, 15) is 67.0 Å². The number of aromatic hydroxyl groups is 1. The molecule has 0 radical (unpaired) electrons. The van der Waals surface area contributed by atoms with Gasteiger partial charge in [-0.2, -0.15) is 57.1 Å². The van der Waals surface area contributed by atoms with Crippen LogP contribution in [-0.2, 0) is 11.2 Å². The van der Waals surface area contributed by atoms with E-state index < -0.39 is 66.3 Å². The number of phenolic OH excluding ortho intramolecular Hbond substituents is 1. The third-order valence-corrected chi connectivity index (χ3v) is 11.0. The first-order valence-corrected chi connectivity index (χ1v) is 15.9. The predicted octanol–water partition coefficient (Wildman–Crippen LogP) is 9.61. The summed E-state index contributed by atoms with van der Waals surface area (Å²) in [5.74, 6) is -37.6. The minimum atomic E-state index is -7.91. The van der Waals surface area contributed by atoms with Crippen molar-refractivity contribution in [2.45, 2.75) is 113 Å². The minimum absolute atomic E-state index is 0.0195. The number of Topliss-reactive ketones (excluding diaryl/α,β-unsaturated/α-hetero) is 1. The topological polar surface area (TPSA) is 40.5 Å². The number of halogens is 14. The fourth-order valence-electron chi connectivity index (χ4n) is 8.20. The van der Waals surface area contributed by atoms with Crippen LogP contribution in [0.5, 0.6) is 5.75 Å². The Kier molecular flexibility index (Phi) is 10.5. The summed E-state index contributed by atoms with van der Waals surface area (Å²) in [6.07, 6.45) is -7.66. The Morgan fingerprint density at radius 3 is 2.08 bits per heavy atom. The SMILES string of the molecule is CN(CCCCC[C@@H]1Cc2cc(O)ccc2[C@@H]2[C@@H]1[C@@H]1CCC(=O)[C@@]1(C)C[C@@H]2F)CCC(F)(F)C(F)(F)C(F)(F)C(F)(F)C(F)(F)C(F)(F)F. The van der Waals surface area contributed by atoms with E-state index in [0.717, 1.165) is 23.1 Å². The van der Waals surface area contributed by atoms with E-state index in [1.165, 1.54) is 6.07 Å². The maximum Gasteiger partial charge on any atom is 0.460 e. The third-order valence-electron chi connectivity index (χ3n) is 11.0. The summed E-state index contributed by atoms with van der Waals surface area (Å²) in [5.41, 5.74) is 0.797. The van der Waals surface area contributed by atoms with Crippen molar-refractivity contribution in [3.63, 3.8) is 0 Å². The maximum absolute atomic E-state index is 15.8. The number of alkyl halides is 14. The lowest BCUT2D eigenvalue weighted by atomic mass is 9.51. The molecule has 1 aromatic rings. The first-order chi connectivity index (χ1) is 22.2. The van der Waals surface area contributed by atoms with Crippen molar-refractivity contribution in [2.24, 2.45) is 23.2 Å². The Labute approximate surface area is 273 Å². The minimum Gasteiger partial charge on any atom is -0.508 e. The fourth-order valence-corrected chi connectivity index (χ4v) is 8.20. The lowest BCUT2D eigenvalue weighted by Crippen LogP contribution is -2.70. The highest BCUT2D eigenvalue weighted by atomic mass is 19.4. The molecule has 0 heterocycles. The van der Waals surface area contributed by atoms with Crippen molar-refractivity contribution in [3.05, 3.63) is 29.3 Å². The van der Waals surface area contributed by atoms with Gasteiger partial charge >= 0.3 is 35.8 Å². The van der Waals surface area contributed by atoms with E-state index in [2.05, 4.69) is 0 Å². The first kappa shape index (κ1) is 39.5. The Balaban J connectivity index is 1.35. The molecule has 0 amide bonds. The van der Waals surface area contributed by atoms with Crippen LogP contribution < -0.4 is 0 Å². The zero-order valence-corrected chi connectivity index (χ0v) is 26.5. The van der Waals surface area contributed by atoms with E-state index in [1.54, 1.807) is 19.1 Å². The third kappa shape index (κ3) is 6.51. The lowest BCUT2D eigenvalue weighted by Gasteiger charge is -2.53. The number of hydrogen-bond donors (Lipinski definition) is 1. The van der Waals surface area contributed by atoms with Crippen LogP contribution >= 0.6 is 0 Å². The van der Waals surface area contributed by atoms with Crippen molar-refractivity contribution in [3.8, 4) is 5.75 Å². The van der Waals surface area contributed by atoms with E-state index in [-0.39, 0.29) is 48.7 Å². The van der Waals surface area contributed by atoms with Crippen LogP contribution in [-0.4, -0.2) is 77.9 Å². The van der Waals surface area contributed by atoms with Gasteiger partial charge in [-0.05, 0) is 86.7 Å². The molecule has 1 N–H and O–H groups in total. The van der Waals surface area contributed by atoms with E-state index >= 15 is 4.39 Å². The van der Waals surface area contributed by atoms with Crippen LogP contribution in [0.25, 0.3) is 0 Å². The molecule has 1 aromatic carbocycles. The second-order valence-corrected chi connectivity index (χ2v) is 14.1. The van der Waals surface area contributed by atoms with Crippen LogP contribution in [0.1, 0.15) is 75.3 Å². The van der Waals surface area contributed by atoms with Gasteiger partial charge in [0.2, 0.25) is 0 Å². The number of phenols is 1. The molecule has 280 valence electrons. The number of unbranched alkanes of at least 4 members (excludes halogenated alkanes) is 2. The van der Waals surface area contributed by atoms with Crippen molar-refractivity contribution in [1.82, 2.24) is 4.90 Å². The van der Waals surface area contributed by atoms with Crippen LogP contribution in [0.3, 0.4) is 0 Å². The normalized spacial score (nSPS) is 28.4. The molecule has 0 aliphatic heterocycles. The van der Waals surface area contributed by atoms with Gasteiger partial charge in [0.15, 0.2) is 0 Å². The number of carbonyl (C=O) groups is 1. The number of hydrogen-bond acceptors (Lipinski definition) is 3. The first-order valence-electron chi connectivity index (χ1n) is 15.9. The molecule has 0 saturated heterocycles. The Bertz CT molecular complexity index is 1370. The summed E-state index contributed by atoms with van der Waals surface area (Å²) in [6, 6.07) is 4.80. The molecule has 49 heavy (non-hydrogen) atoms. The van der Waals surface area contributed by atoms with Gasteiger partial charge < -0.3 is 10.0 Å². The fraction of sp³-hybridized carbons (Fsp3) is 0.781. The summed E-state index contributed by atoms with van der Waals surface area (Å²) in [6.45, 7) is 0.590. The largest absolute Gasteiger partial charge is 0.508 e. The number of benzene rings is 1. The summed E-state index contributed by atoms with van der Waals surface area (Å²) in [7, 11) is 1.11. The molecule has 0 spiro atoms. The van der Waals surface area contributed by atoms with Gasteiger partial charge in [-0.25, -0.2) is 4.39 Å². The van der Waals surface area contributed by atoms with E-state index in [0.29, 0.717) is 38.5 Å². The van der Waals surface area contributed by atoms with Crippen molar-refractivity contribution < 1.29 is 71.4 Å². The van der Waals surface area contributed by atoms with Crippen LogP contribution in [0.4, 0.5) is 61.5 Å². The highest BCUT2D eigenvalue weighted by Gasteiger charge is 2.90. The molecule has 0 bridgehead atoms. The molecule has 0 unspecified atom stereocenters. The summed E-state index contributed by atoms with van der Waals surface area (Å²) in [5, 5.41) is 10.1. The smallest absolute Gasteiger partial charge is 0.460 e. The van der Waals surface area contributed by atoms with E-state index in [4.69, 9.17) is 0 Å².